The van der Waals surface area contributed by atoms with Gasteiger partial charge in [0.15, 0.2) is 11.5 Å². The van der Waals surface area contributed by atoms with Gasteiger partial charge in [-0.05, 0) is 49.2 Å². The van der Waals surface area contributed by atoms with E-state index >= 15 is 0 Å². The van der Waals surface area contributed by atoms with Gasteiger partial charge in [0.1, 0.15) is 11.9 Å². The van der Waals surface area contributed by atoms with Gasteiger partial charge < -0.3 is 19.8 Å². The Morgan fingerprint density at radius 2 is 1.96 bits per heavy atom. The number of hydrogen-bond donors (Lipinski definition) is 2. The Hall–Kier alpha value is -3.02. The highest BCUT2D eigenvalue weighted by atomic mass is 19.1. The molecule has 26 heavy (non-hydrogen) atoms. The number of hydrogen-bond acceptors (Lipinski definition) is 3. The maximum Gasteiger partial charge on any atom is 0.265 e. The third-order valence-electron chi connectivity index (χ3n) is 4.52. The number of para-hydroxylation sites is 2. The number of aromatic amines is 1. The average Bonchev–Trinajstić information content (AvgIpc) is 3.03. The van der Waals surface area contributed by atoms with E-state index in [-0.39, 0.29) is 17.8 Å². The summed E-state index contributed by atoms with van der Waals surface area (Å²) in [5, 5.41) is 3.85. The predicted molar refractivity (Wildman–Crippen MR) is 95.9 cm³/mol. The van der Waals surface area contributed by atoms with Crippen LogP contribution in [0.2, 0.25) is 0 Å². The SMILES string of the molecule is C[C@@H]1Oc2ccccc2O[C@H]1C(=O)NCCc1c[nH]c2cc(F)ccc12. The molecule has 1 aliphatic rings. The van der Waals surface area contributed by atoms with Gasteiger partial charge in [-0.25, -0.2) is 4.39 Å². The number of fused-ring (bicyclic) bond motifs is 2. The maximum atomic E-state index is 13.2. The molecule has 4 rings (SSSR count). The van der Waals surface area contributed by atoms with E-state index in [2.05, 4.69) is 10.3 Å². The van der Waals surface area contributed by atoms with E-state index < -0.39 is 6.10 Å². The molecule has 2 N–H and O–H groups in total. The highest BCUT2D eigenvalue weighted by Gasteiger charge is 2.33. The van der Waals surface area contributed by atoms with Crippen molar-refractivity contribution in [3.8, 4) is 11.5 Å². The summed E-state index contributed by atoms with van der Waals surface area (Å²) in [7, 11) is 0. The van der Waals surface area contributed by atoms with Gasteiger partial charge in [-0.15, -0.1) is 0 Å². The van der Waals surface area contributed by atoms with E-state index in [4.69, 9.17) is 9.47 Å². The summed E-state index contributed by atoms with van der Waals surface area (Å²) in [6.45, 7) is 2.27. The Bertz CT molecular complexity index is 953. The van der Waals surface area contributed by atoms with Crippen molar-refractivity contribution < 1.29 is 18.7 Å². The number of amides is 1. The lowest BCUT2D eigenvalue weighted by Gasteiger charge is -2.31. The molecule has 6 heteroatoms. The number of benzene rings is 2. The summed E-state index contributed by atoms with van der Waals surface area (Å²) in [6, 6.07) is 11.9. The van der Waals surface area contributed by atoms with Gasteiger partial charge in [0.05, 0.1) is 0 Å². The van der Waals surface area contributed by atoms with Crippen LogP contribution in [0.1, 0.15) is 12.5 Å². The number of nitrogens with one attached hydrogen (secondary N) is 2. The van der Waals surface area contributed by atoms with Gasteiger partial charge in [0.2, 0.25) is 6.10 Å². The molecule has 0 saturated carbocycles. The first-order valence-corrected chi connectivity index (χ1v) is 8.57. The minimum absolute atomic E-state index is 0.210. The second-order valence-electron chi connectivity index (χ2n) is 6.35. The largest absolute Gasteiger partial charge is 0.482 e. The van der Waals surface area contributed by atoms with Gasteiger partial charge in [-0.1, -0.05) is 12.1 Å². The maximum absolute atomic E-state index is 13.2. The standard InChI is InChI=1S/C20H19FN2O3/c1-12-19(26-18-5-3-2-4-17(18)25-12)20(24)22-9-8-13-11-23-16-10-14(21)6-7-15(13)16/h2-7,10-12,19,23H,8-9H2,1H3,(H,22,24)/t12-,19+/m0/s1. The quantitative estimate of drug-likeness (QED) is 0.756. The molecule has 0 fully saturated rings. The fourth-order valence-electron chi connectivity index (χ4n) is 3.19. The zero-order chi connectivity index (χ0) is 18.1. The Balaban J connectivity index is 1.38. The van der Waals surface area contributed by atoms with Crippen LogP contribution in [0.4, 0.5) is 4.39 Å². The summed E-state index contributed by atoms with van der Waals surface area (Å²) in [4.78, 5) is 15.5. The molecule has 0 aliphatic carbocycles. The van der Waals surface area contributed by atoms with Crippen LogP contribution in [-0.2, 0) is 11.2 Å². The van der Waals surface area contributed by atoms with E-state index in [0.29, 0.717) is 24.5 Å². The van der Waals surface area contributed by atoms with Crippen molar-refractivity contribution >= 4 is 16.8 Å². The van der Waals surface area contributed by atoms with Gasteiger partial charge in [-0.2, -0.15) is 0 Å². The third-order valence-corrected chi connectivity index (χ3v) is 4.52. The van der Waals surface area contributed by atoms with E-state index in [9.17, 15) is 9.18 Å². The molecule has 1 aromatic heterocycles. The van der Waals surface area contributed by atoms with Crippen LogP contribution in [0.3, 0.4) is 0 Å². The number of ether oxygens (including phenoxy) is 2. The summed E-state index contributed by atoms with van der Waals surface area (Å²) in [6.07, 6.45) is 1.41. The lowest BCUT2D eigenvalue weighted by atomic mass is 10.1. The van der Waals surface area contributed by atoms with Crippen molar-refractivity contribution in [1.82, 2.24) is 10.3 Å². The van der Waals surface area contributed by atoms with E-state index in [0.717, 1.165) is 16.5 Å². The van der Waals surface area contributed by atoms with Crippen molar-refractivity contribution in [3.05, 3.63) is 60.0 Å². The smallest absolute Gasteiger partial charge is 0.265 e. The summed E-state index contributed by atoms with van der Waals surface area (Å²) in [5.74, 6) is 0.736. The first-order chi connectivity index (χ1) is 12.6. The number of rotatable bonds is 4. The van der Waals surface area contributed by atoms with E-state index in [1.807, 2.05) is 31.3 Å². The van der Waals surface area contributed by atoms with Gasteiger partial charge >= 0.3 is 0 Å². The van der Waals surface area contributed by atoms with Gasteiger partial charge in [-0.3, -0.25) is 4.79 Å². The third kappa shape index (κ3) is 3.10. The van der Waals surface area contributed by atoms with Crippen LogP contribution >= 0.6 is 0 Å². The minimum Gasteiger partial charge on any atom is -0.482 e. The molecule has 0 spiro atoms. The van der Waals surface area contributed by atoms with Crippen LogP contribution in [0.5, 0.6) is 11.5 Å². The molecule has 0 radical (unpaired) electrons. The van der Waals surface area contributed by atoms with Crippen molar-refractivity contribution in [1.29, 1.82) is 0 Å². The van der Waals surface area contributed by atoms with Crippen molar-refractivity contribution in [3.63, 3.8) is 0 Å². The molecule has 134 valence electrons. The lowest BCUT2D eigenvalue weighted by molar-refractivity contribution is -0.133. The number of halogens is 1. The van der Waals surface area contributed by atoms with Gasteiger partial charge in [0, 0.05) is 23.6 Å². The molecular weight excluding hydrogens is 335 g/mol. The molecule has 0 bridgehead atoms. The highest BCUT2D eigenvalue weighted by molar-refractivity contribution is 5.84. The van der Waals surface area contributed by atoms with Crippen LogP contribution in [0, 0.1) is 5.82 Å². The first-order valence-electron chi connectivity index (χ1n) is 8.57. The Morgan fingerprint density at radius 1 is 1.19 bits per heavy atom. The van der Waals surface area contributed by atoms with Crippen LogP contribution in [0.25, 0.3) is 10.9 Å². The van der Waals surface area contributed by atoms with E-state index in [1.54, 1.807) is 12.1 Å². The molecule has 2 atom stereocenters. The van der Waals surface area contributed by atoms with Crippen LogP contribution in [0.15, 0.2) is 48.7 Å². The number of aromatic nitrogens is 1. The van der Waals surface area contributed by atoms with Crippen molar-refractivity contribution in [2.45, 2.75) is 25.6 Å². The van der Waals surface area contributed by atoms with Crippen LogP contribution in [-0.4, -0.2) is 29.6 Å². The van der Waals surface area contributed by atoms with Crippen molar-refractivity contribution in [2.75, 3.05) is 6.54 Å². The highest BCUT2D eigenvalue weighted by Crippen LogP contribution is 2.33. The van der Waals surface area contributed by atoms with Gasteiger partial charge in [0.25, 0.3) is 5.91 Å². The second-order valence-corrected chi connectivity index (χ2v) is 6.35. The molecule has 3 aromatic rings. The Morgan fingerprint density at radius 3 is 2.77 bits per heavy atom. The summed E-state index contributed by atoms with van der Waals surface area (Å²) in [5.41, 5.74) is 1.78. The normalized spacial score (nSPS) is 18.7. The second kappa shape index (κ2) is 6.71. The molecule has 0 saturated heterocycles. The van der Waals surface area contributed by atoms with Crippen molar-refractivity contribution in [2.24, 2.45) is 0 Å². The monoisotopic (exact) mass is 354 g/mol. The average molecular weight is 354 g/mol. The molecule has 2 aromatic carbocycles. The Labute approximate surface area is 150 Å². The first kappa shape index (κ1) is 16.4. The van der Waals surface area contributed by atoms with E-state index in [1.165, 1.54) is 12.1 Å². The molecule has 1 amide bonds. The molecule has 5 nitrogen and oxygen atoms in total. The summed E-state index contributed by atoms with van der Waals surface area (Å²) < 4.78 is 24.8. The molecule has 2 heterocycles. The summed E-state index contributed by atoms with van der Waals surface area (Å²) >= 11 is 0. The fourth-order valence-corrected chi connectivity index (χ4v) is 3.19. The lowest BCUT2D eigenvalue weighted by Crippen LogP contribution is -2.49. The zero-order valence-corrected chi connectivity index (χ0v) is 14.3. The fraction of sp³-hybridized carbons (Fsp3) is 0.250. The molecule has 1 aliphatic heterocycles. The Kier molecular flexibility index (Phi) is 4.24. The van der Waals surface area contributed by atoms with Crippen LogP contribution < -0.4 is 14.8 Å². The molecular formula is C20H19FN2O3. The topological polar surface area (TPSA) is 63.4 Å². The number of carbonyl (C=O) groups is 1. The number of H-pyrrole nitrogens is 1. The number of carbonyl (C=O) groups excluding carboxylic acids is 1. The zero-order valence-electron chi connectivity index (χ0n) is 14.3. The minimum atomic E-state index is -0.693. The molecule has 0 unspecified atom stereocenters. The predicted octanol–water partition coefficient (Wildman–Crippen LogP) is 3.19.